The van der Waals surface area contributed by atoms with Crippen LogP contribution in [-0.2, 0) is 83.2 Å². The number of azide groups is 1. The lowest BCUT2D eigenvalue weighted by atomic mass is 9.96. The summed E-state index contributed by atoms with van der Waals surface area (Å²) in [6.07, 6.45) is 4.21. The van der Waals surface area contributed by atoms with Gasteiger partial charge in [0.25, 0.3) is 5.69 Å². The van der Waals surface area contributed by atoms with E-state index < -0.39 is 166 Å². The van der Waals surface area contributed by atoms with E-state index >= 15 is 9.59 Å². The number of esters is 2. The van der Waals surface area contributed by atoms with E-state index in [9.17, 15) is 68.3 Å². The summed E-state index contributed by atoms with van der Waals surface area (Å²) in [5, 5.41) is 56.0. The van der Waals surface area contributed by atoms with Crippen LogP contribution in [0.1, 0.15) is 119 Å². The summed E-state index contributed by atoms with van der Waals surface area (Å²) in [7, 11) is 0. The Balaban J connectivity index is 1.24. The molecule has 0 bridgehead atoms. The fraction of sp³-hybridized carbons (Fsp3) is 0.464. The highest BCUT2D eigenvalue weighted by atomic mass is 16.6. The number of carboxylic acids is 1. The van der Waals surface area contributed by atoms with Crippen molar-refractivity contribution in [2.45, 2.75) is 173 Å². The number of hydrogen-bond donors (Lipinski definition) is 15. The lowest BCUT2D eigenvalue weighted by Crippen LogP contribution is -2.62. The molecule has 5 aromatic rings. The maximum atomic E-state index is 15.2. The first-order chi connectivity index (χ1) is 50.8. The largest absolute Gasteiger partial charge is 0.508 e. The average molecular weight is 1490 g/mol. The van der Waals surface area contributed by atoms with Gasteiger partial charge >= 0.3 is 17.9 Å². The Bertz CT molecular complexity index is 4020. The number of nitrogens with two attached hydrogens (primary N) is 3. The smallest absolute Gasteiger partial charge is 0.352 e. The maximum Gasteiger partial charge on any atom is 0.352 e. The number of nitrogens with zero attached hydrogens (tertiary/aromatic N) is 8. The molecule has 9 amide bonds. The number of benzene rings is 3. The van der Waals surface area contributed by atoms with Crippen LogP contribution in [0.3, 0.4) is 0 Å². The molecular weight excluding hydrogens is 1390 g/mol. The molecule has 38 nitrogen and oxygen atoms in total. The third-order valence-electron chi connectivity index (χ3n) is 17.4. The summed E-state index contributed by atoms with van der Waals surface area (Å²) in [4.78, 5) is 202. The monoisotopic (exact) mass is 1490 g/mol. The molecule has 1 aliphatic heterocycles. The fourth-order valence-corrected chi connectivity index (χ4v) is 11.6. The number of ether oxygens (including phenoxy) is 1. The zero-order valence-corrected chi connectivity index (χ0v) is 59.8. The number of carbonyl (C=O) groups excluding carboxylic acids is 11. The number of aliphatic carboxylic acids is 1. The van der Waals surface area contributed by atoms with E-state index in [-0.39, 0.29) is 101 Å². The van der Waals surface area contributed by atoms with Crippen LogP contribution >= 0.6 is 0 Å². The quantitative estimate of drug-likeness (QED) is 0.00247. The third kappa shape index (κ3) is 25.8. The summed E-state index contributed by atoms with van der Waals surface area (Å²) in [6.45, 7) is 9.97. The number of aromatic nitrogens is 4. The molecule has 2 aromatic heterocycles. The molecule has 0 aliphatic carbocycles. The first kappa shape index (κ1) is 83.6. The van der Waals surface area contributed by atoms with Crippen LogP contribution in [0.4, 0.5) is 11.4 Å². The SMILES string of the molecule is CC[C@H](C)[C@H](NC(=O)[C@H](Cc1ccc(O)cc1)NC(=O)[C@@H](NC(=O)[C@H](CCCN=C(N)N)NC(=O)[C@@H](N)CC(=O)O)C(C)C)C(=O)N[C@@H](Cc1cnc[nH]1)C(=O)N1CCC[C@H]1C(=O)N[C@@H](Cc1ccccc1)C(=O)N[C@@H](Cc1cnc[nH]1)C(=O)N[C@@H](CC(C)C)C(=O)OC(=O)c1cc(N=[N+]=[N-])ccc1[N+](=O)[O-]. The van der Waals surface area contributed by atoms with Crippen molar-refractivity contribution >= 4 is 88.4 Å². The molecule has 3 heterocycles. The highest BCUT2D eigenvalue weighted by molar-refractivity contribution is 6.03. The zero-order valence-electron chi connectivity index (χ0n) is 59.8. The molecule has 11 atom stereocenters. The number of hydrogen-bond acceptors (Lipinski definition) is 21. The standard InChI is InChI=1S/C69H91N21O17/c1-7-38(6)57(86-62(98)49(27-40-17-20-44(91)21-18-40)82-64(100)56(37(4)5)85-59(95)47(15-11-23-76-69(71)72)79-58(94)46(70)31-55(92)93)65(101)83-51(30-43-33-75-35-78-43)66(102)89-24-12-16-54(89)63(99)81-48(26-39-13-9-8-10-14-39)60(96)80-50(29-42-32-74-34-77-42)61(97)84-52(25-36(2)3)68(104)107-67(103)45-28-41(87-88-73)19-22-53(45)90(105)106/h8-10,13-14,17-22,28,32-38,46-52,54,56-57,91H,7,11-12,15-16,23-27,29-31,70H2,1-6H3,(H,74,77)(H,75,78)(H,79,94)(H,80,96)(H,81,99)(H,82,100)(H,83,101)(H,84,97)(H,85,95)(H,86,98)(H,92,93)(H4,71,72,76)/t38-,46-,47-,48-,49-,50-,51-,52-,54-,56-,57-/m0/s1. The molecule has 38 heteroatoms. The summed E-state index contributed by atoms with van der Waals surface area (Å²) in [5.41, 5.74) is 25.6. The Labute approximate surface area is 613 Å². The zero-order chi connectivity index (χ0) is 78.6. The number of aliphatic imine (C=N–C) groups is 1. The number of rotatable bonds is 40. The normalized spacial score (nSPS) is 15.3. The highest BCUT2D eigenvalue weighted by Gasteiger charge is 2.42. The van der Waals surface area contributed by atoms with E-state index in [2.05, 4.69) is 77.5 Å². The molecular formula is C69H91N21O17. The van der Waals surface area contributed by atoms with Gasteiger partial charge in [-0.2, -0.15) is 0 Å². The Morgan fingerprint density at radius 2 is 1.24 bits per heavy atom. The topological polar surface area (TPSA) is 594 Å². The molecule has 1 saturated heterocycles. The second-order valence-corrected chi connectivity index (χ2v) is 26.4. The van der Waals surface area contributed by atoms with Crippen LogP contribution in [-0.4, -0.2) is 191 Å². The predicted molar refractivity (Wildman–Crippen MR) is 383 cm³/mol. The first-order valence-corrected chi connectivity index (χ1v) is 34.5. The number of carboxylic acid groups (broad SMARTS) is 1. The van der Waals surface area contributed by atoms with E-state index in [1.807, 2.05) is 0 Å². The van der Waals surface area contributed by atoms with Gasteiger partial charge in [-0.1, -0.05) is 95.5 Å². The number of amides is 9. The van der Waals surface area contributed by atoms with Crippen LogP contribution in [0, 0.1) is 27.9 Å². The summed E-state index contributed by atoms with van der Waals surface area (Å²) in [6, 6.07) is 2.29. The van der Waals surface area contributed by atoms with E-state index in [1.54, 1.807) is 71.9 Å². The van der Waals surface area contributed by atoms with Crippen molar-refractivity contribution in [2.75, 3.05) is 13.1 Å². The van der Waals surface area contributed by atoms with Crippen LogP contribution < -0.4 is 59.7 Å². The Hall–Kier alpha value is -12.3. The van der Waals surface area contributed by atoms with Gasteiger partial charge in [0.1, 0.15) is 65.7 Å². The number of imidazole rings is 2. The van der Waals surface area contributed by atoms with Gasteiger partial charge in [0.15, 0.2) is 5.96 Å². The third-order valence-corrected chi connectivity index (χ3v) is 17.4. The fourth-order valence-electron chi connectivity index (χ4n) is 11.6. The van der Waals surface area contributed by atoms with Gasteiger partial charge in [-0.25, -0.2) is 19.6 Å². The van der Waals surface area contributed by atoms with Crippen molar-refractivity contribution in [3.8, 4) is 5.75 Å². The van der Waals surface area contributed by atoms with Crippen molar-refractivity contribution < 1.29 is 77.4 Å². The number of carbonyl (C=O) groups is 12. The molecule has 574 valence electrons. The maximum absolute atomic E-state index is 15.2. The van der Waals surface area contributed by atoms with Crippen molar-refractivity contribution in [3.63, 3.8) is 0 Å². The van der Waals surface area contributed by atoms with Crippen molar-refractivity contribution in [2.24, 2.45) is 45.1 Å². The predicted octanol–water partition coefficient (Wildman–Crippen LogP) is 0.816. The lowest BCUT2D eigenvalue weighted by molar-refractivity contribution is -0.385. The van der Waals surface area contributed by atoms with Crippen LogP contribution in [0.2, 0.25) is 0 Å². The van der Waals surface area contributed by atoms with Gasteiger partial charge in [0.2, 0.25) is 53.2 Å². The highest BCUT2D eigenvalue weighted by Crippen LogP contribution is 2.27. The second-order valence-electron chi connectivity index (χ2n) is 26.4. The minimum Gasteiger partial charge on any atom is -0.508 e. The number of phenols is 1. The van der Waals surface area contributed by atoms with Gasteiger partial charge in [0.05, 0.1) is 30.0 Å². The van der Waals surface area contributed by atoms with E-state index in [0.29, 0.717) is 22.5 Å². The van der Waals surface area contributed by atoms with Gasteiger partial charge in [-0.3, -0.25) is 63.1 Å². The molecule has 3 aromatic carbocycles. The van der Waals surface area contributed by atoms with Crippen LogP contribution in [0.15, 0.2) is 108 Å². The van der Waals surface area contributed by atoms with E-state index in [1.165, 1.54) is 54.2 Å². The van der Waals surface area contributed by atoms with Gasteiger partial charge in [-0.15, -0.1) is 0 Å². The number of likely N-dealkylation sites (tertiary alicyclic amines) is 1. The number of phenolic OH excluding ortho intramolecular Hbond substituents is 1. The number of aromatic amines is 2. The Morgan fingerprint density at radius 3 is 1.81 bits per heavy atom. The Morgan fingerprint density at radius 1 is 0.701 bits per heavy atom. The van der Waals surface area contributed by atoms with Gasteiger partial charge < -0.3 is 89.6 Å². The number of nitro groups is 1. The number of nitro benzene ring substituents is 1. The molecule has 1 fully saturated rings. The molecule has 1 aliphatic rings. The van der Waals surface area contributed by atoms with E-state index in [4.69, 9.17) is 27.5 Å². The molecule has 0 radical (unpaired) electrons. The van der Waals surface area contributed by atoms with Crippen molar-refractivity contribution in [1.82, 2.24) is 67.4 Å². The number of H-pyrrole nitrogens is 2. The summed E-state index contributed by atoms with van der Waals surface area (Å²) < 4.78 is 5.10. The van der Waals surface area contributed by atoms with Crippen LogP contribution in [0.5, 0.6) is 5.75 Å². The second kappa shape index (κ2) is 40.6. The average Bonchev–Trinajstić information content (AvgIpc) is 1.80. The molecule has 18 N–H and O–H groups in total. The summed E-state index contributed by atoms with van der Waals surface area (Å²) >= 11 is 0. The minimum atomic E-state index is -1.60. The van der Waals surface area contributed by atoms with Crippen molar-refractivity contribution in [1.29, 1.82) is 0 Å². The molecule has 6 rings (SSSR count). The number of guanidine groups is 1. The van der Waals surface area contributed by atoms with Crippen molar-refractivity contribution in [3.05, 3.63) is 146 Å². The summed E-state index contributed by atoms with van der Waals surface area (Å²) in [5.74, 6) is -14.3. The Kier molecular flexibility index (Phi) is 31.8. The molecule has 0 unspecified atom stereocenters. The number of aromatic hydroxyl groups is 1. The van der Waals surface area contributed by atoms with Gasteiger partial charge in [0, 0.05) is 79.2 Å². The lowest BCUT2D eigenvalue weighted by Gasteiger charge is -2.32. The van der Waals surface area contributed by atoms with E-state index in [0.717, 1.165) is 18.2 Å². The molecule has 0 saturated carbocycles. The number of nitrogens with one attached hydrogen (secondary N) is 10. The van der Waals surface area contributed by atoms with Crippen LogP contribution in [0.25, 0.3) is 10.4 Å². The first-order valence-electron chi connectivity index (χ1n) is 34.5. The molecule has 0 spiro atoms. The minimum absolute atomic E-state index is 0.0174. The van der Waals surface area contributed by atoms with Gasteiger partial charge in [-0.05, 0) is 90.8 Å². The molecule has 107 heavy (non-hydrogen) atoms.